The maximum Gasteiger partial charge on any atom is 0 e. The summed E-state index contributed by atoms with van der Waals surface area (Å²) in [6, 6.07) is 8.24. The van der Waals surface area contributed by atoms with Crippen LogP contribution in [0.3, 0.4) is 0 Å². The van der Waals surface area contributed by atoms with Crippen LogP contribution in [0.2, 0.25) is 0 Å². The first-order chi connectivity index (χ1) is 8.89. The molecule has 0 amide bonds. The van der Waals surface area contributed by atoms with Gasteiger partial charge in [-0.05, 0) is 25.7 Å². The van der Waals surface area contributed by atoms with Crippen LogP contribution in [0, 0.1) is 20.2 Å². The van der Waals surface area contributed by atoms with Crippen LogP contribution >= 0.6 is 0 Å². The van der Waals surface area contributed by atoms with Crippen LogP contribution < -0.4 is 0 Å². The Hall–Kier alpha value is -0.911. The summed E-state index contributed by atoms with van der Waals surface area (Å²) in [4.78, 5) is 0. The van der Waals surface area contributed by atoms with Crippen molar-refractivity contribution in [1.29, 1.82) is 0 Å². The molecule has 0 saturated carbocycles. The van der Waals surface area contributed by atoms with Crippen molar-refractivity contribution in [3.8, 4) is 0 Å². The van der Waals surface area contributed by atoms with Gasteiger partial charge in [-0.25, -0.2) is 12.1 Å². The van der Waals surface area contributed by atoms with Crippen LogP contribution in [-0.2, 0) is 26.4 Å². The summed E-state index contributed by atoms with van der Waals surface area (Å²) in [6.07, 6.45) is 13.0. The van der Waals surface area contributed by atoms with Gasteiger partial charge in [-0.3, -0.25) is 0 Å². The minimum Gasteiger partial charge on any atom is 0 e. The fourth-order valence-corrected chi connectivity index (χ4v) is 1.58. The van der Waals surface area contributed by atoms with E-state index in [0.717, 1.165) is 0 Å². The maximum atomic E-state index is 7.50. The maximum absolute atomic E-state index is 7.50. The fraction of sp³-hybridized carbons (Fsp3) is 0.438. The fourth-order valence-electron chi connectivity index (χ4n) is 1.58. The Labute approximate surface area is 127 Å². The van der Waals surface area contributed by atoms with E-state index in [-0.39, 0.29) is 17.1 Å². The summed E-state index contributed by atoms with van der Waals surface area (Å²) in [6.45, 7) is 11.1. The van der Waals surface area contributed by atoms with Crippen LogP contribution in [0.15, 0.2) is 36.4 Å². The van der Waals surface area contributed by atoms with E-state index in [2.05, 4.69) is 44.5 Å². The predicted octanol–water partition coefficient (Wildman–Crippen LogP) is 4.53. The van der Waals surface area contributed by atoms with Crippen molar-refractivity contribution in [3.05, 3.63) is 55.3 Å². The minimum absolute atomic E-state index is 0. The molecule has 2 nitrogen and oxygen atoms in total. The minimum atomic E-state index is 0. The summed E-state index contributed by atoms with van der Waals surface area (Å²) in [5.41, 5.74) is 1.34. The van der Waals surface area contributed by atoms with E-state index >= 15 is 0 Å². The molecule has 0 unspecified atom stereocenters. The molecule has 1 radical (unpaired) electrons. The molecule has 0 N–H and O–H groups in total. The molecule has 0 saturated heterocycles. The van der Waals surface area contributed by atoms with Gasteiger partial charge < -0.3 is 0 Å². The molecule has 0 fully saturated rings. The average Bonchev–Trinajstić information content (AvgIpc) is 2.85. The molecule has 0 aromatic heterocycles. The molecule has 1 aromatic rings. The third kappa shape index (κ3) is 19.6. The molecule has 105 valence electrons. The number of hydrogen-bond acceptors (Lipinski definition) is 0. The Morgan fingerprint density at radius 2 is 1.42 bits per heavy atom. The number of aryl methyl sites for hydroxylation is 1. The van der Waals surface area contributed by atoms with Crippen molar-refractivity contribution >= 4 is 0 Å². The number of allylic oxidation sites excluding steroid dienone is 2. The third-order valence-electron chi connectivity index (χ3n) is 2.49. The van der Waals surface area contributed by atoms with E-state index in [0.29, 0.717) is 0 Å². The largest absolute Gasteiger partial charge is 0 e. The Morgan fingerprint density at radius 3 is 1.68 bits per heavy atom. The zero-order chi connectivity index (χ0) is 14.1. The van der Waals surface area contributed by atoms with Crippen LogP contribution in [0.25, 0.3) is 0 Å². The van der Waals surface area contributed by atoms with Gasteiger partial charge >= 0.3 is 22.6 Å². The SMILES string of the molecule is C1=C\CCCCCC/1.Cc1ccc[cH-]1.[C-]#[O+].[C-]#[O+].[Mn]. The molecule has 19 heavy (non-hydrogen) atoms. The molecular weight excluding hydrogens is 279 g/mol. The van der Waals surface area contributed by atoms with Gasteiger partial charge in [-0.1, -0.05) is 31.9 Å². The van der Waals surface area contributed by atoms with Gasteiger partial charge in [0.1, 0.15) is 0 Å². The van der Waals surface area contributed by atoms with E-state index < -0.39 is 0 Å². The van der Waals surface area contributed by atoms with E-state index in [1.807, 2.05) is 12.1 Å². The molecule has 1 aliphatic carbocycles. The van der Waals surface area contributed by atoms with Crippen LogP contribution in [0.1, 0.15) is 44.1 Å². The Balaban J connectivity index is -0.000000209. The molecular formula is C16H21MnO2-. The molecule has 0 heterocycles. The Bertz CT molecular complexity index is 294. The number of rotatable bonds is 0. The van der Waals surface area contributed by atoms with Gasteiger partial charge in [0.15, 0.2) is 0 Å². The van der Waals surface area contributed by atoms with Gasteiger partial charge in [-0.2, -0.15) is 17.7 Å². The van der Waals surface area contributed by atoms with E-state index in [1.54, 1.807) is 0 Å². The molecule has 0 spiro atoms. The molecule has 0 aliphatic heterocycles. The van der Waals surface area contributed by atoms with Crippen molar-refractivity contribution in [2.24, 2.45) is 0 Å². The van der Waals surface area contributed by atoms with Crippen LogP contribution in [0.4, 0.5) is 0 Å². The second-order valence-corrected chi connectivity index (χ2v) is 3.93. The second-order valence-electron chi connectivity index (χ2n) is 3.93. The standard InChI is InChI=1S/C8H14.C6H7.2CO.Mn/c1-2-4-6-8-7-5-3-1;1-6-4-2-3-5-6;2*1-2;/h1-2H,3-8H2;2-5H,1H3;;;/q;-1;;;/b2-1-;;;;. The van der Waals surface area contributed by atoms with Crippen molar-refractivity contribution < 1.29 is 26.4 Å². The number of hydrogen-bond donors (Lipinski definition) is 0. The summed E-state index contributed by atoms with van der Waals surface area (Å²) in [5, 5.41) is 0. The van der Waals surface area contributed by atoms with Crippen molar-refractivity contribution in [2.75, 3.05) is 0 Å². The summed E-state index contributed by atoms with van der Waals surface area (Å²) in [7, 11) is 0. The van der Waals surface area contributed by atoms with Crippen LogP contribution in [-0.4, -0.2) is 0 Å². The molecule has 2 rings (SSSR count). The summed E-state index contributed by atoms with van der Waals surface area (Å²) >= 11 is 0. The first-order valence-electron chi connectivity index (χ1n) is 6.14. The van der Waals surface area contributed by atoms with E-state index in [9.17, 15) is 0 Å². The van der Waals surface area contributed by atoms with Gasteiger partial charge in [-0.15, -0.1) is 0 Å². The van der Waals surface area contributed by atoms with Gasteiger partial charge in [0.2, 0.25) is 0 Å². The second kappa shape index (κ2) is 22.3. The average molecular weight is 300 g/mol. The van der Waals surface area contributed by atoms with E-state index in [4.69, 9.17) is 9.30 Å². The topological polar surface area (TPSA) is 39.8 Å². The first kappa shape index (κ1) is 23.2. The zero-order valence-corrected chi connectivity index (χ0v) is 12.6. The van der Waals surface area contributed by atoms with Gasteiger partial charge in [0, 0.05) is 17.1 Å². The predicted molar refractivity (Wildman–Crippen MR) is 71.5 cm³/mol. The monoisotopic (exact) mass is 300 g/mol. The van der Waals surface area contributed by atoms with Crippen molar-refractivity contribution in [1.82, 2.24) is 0 Å². The Kier molecular flexibility index (Phi) is 27.2. The van der Waals surface area contributed by atoms with Gasteiger partial charge in [0.25, 0.3) is 0 Å². The molecule has 0 bridgehead atoms. The normalized spacial score (nSPS) is 13.9. The molecule has 1 aromatic carbocycles. The zero-order valence-electron chi connectivity index (χ0n) is 11.4. The smallest absolute Gasteiger partial charge is 0 e. The van der Waals surface area contributed by atoms with Crippen molar-refractivity contribution in [3.63, 3.8) is 0 Å². The quantitative estimate of drug-likeness (QED) is 0.292. The van der Waals surface area contributed by atoms with Gasteiger partial charge in [0.05, 0.1) is 0 Å². The van der Waals surface area contributed by atoms with Crippen LogP contribution in [0.5, 0.6) is 0 Å². The third-order valence-corrected chi connectivity index (χ3v) is 2.49. The summed E-state index contributed by atoms with van der Waals surface area (Å²) in [5.74, 6) is 0. The molecule has 3 heteroatoms. The first-order valence-corrected chi connectivity index (χ1v) is 6.14. The molecule has 0 atom stereocenters. The molecule has 1 aliphatic rings. The Morgan fingerprint density at radius 1 is 0.947 bits per heavy atom. The van der Waals surface area contributed by atoms with Crippen molar-refractivity contribution in [2.45, 2.75) is 45.4 Å². The summed E-state index contributed by atoms with van der Waals surface area (Å²) < 4.78 is 15.0. The van der Waals surface area contributed by atoms with E-state index in [1.165, 1.54) is 44.1 Å².